The Kier molecular flexibility index (Phi) is 4.54. The van der Waals surface area contributed by atoms with Gasteiger partial charge in [-0.25, -0.2) is 9.78 Å². The normalized spacial score (nSPS) is 11.0. The van der Waals surface area contributed by atoms with Crippen molar-refractivity contribution in [1.82, 2.24) is 15.2 Å². The van der Waals surface area contributed by atoms with Crippen molar-refractivity contribution >= 4 is 5.97 Å². The van der Waals surface area contributed by atoms with E-state index >= 15 is 0 Å². The standard InChI is InChI=1S/C12H19N3O2/c1-6-17-12(16)11-13-9(7(2)3)10(8(4)5)14-15-11/h7-8H,6H2,1-5H3. The summed E-state index contributed by atoms with van der Waals surface area (Å²) in [5.74, 6) is -0.0307. The first-order valence-electron chi connectivity index (χ1n) is 5.89. The number of carbonyl (C=O) groups is 1. The van der Waals surface area contributed by atoms with Gasteiger partial charge in [-0.05, 0) is 18.8 Å². The molecule has 0 saturated carbocycles. The van der Waals surface area contributed by atoms with E-state index in [1.165, 1.54) is 0 Å². The van der Waals surface area contributed by atoms with E-state index in [0.29, 0.717) is 6.61 Å². The zero-order chi connectivity index (χ0) is 13.0. The van der Waals surface area contributed by atoms with Crippen LogP contribution in [-0.2, 0) is 4.74 Å². The second-order valence-corrected chi connectivity index (χ2v) is 4.44. The van der Waals surface area contributed by atoms with E-state index in [2.05, 4.69) is 15.2 Å². The van der Waals surface area contributed by atoms with Crippen molar-refractivity contribution in [2.45, 2.75) is 46.5 Å². The summed E-state index contributed by atoms with van der Waals surface area (Å²) in [5, 5.41) is 7.92. The first kappa shape index (κ1) is 13.5. The predicted molar refractivity (Wildman–Crippen MR) is 64.0 cm³/mol. The lowest BCUT2D eigenvalue weighted by Crippen LogP contribution is -2.16. The number of carbonyl (C=O) groups excluding carboxylic acids is 1. The molecule has 0 aliphatic carbocycles. The number of esters is 1. The van der Waals surface area contributed by atoms with Gasteiger partial charge in [0.25, 0.3) is 5.82 Å². The molecule has 0 saturated heterocycles. The number of nitrogens with zero attached hydrogens (tertiary/aromatic N) is 3. The van der Waals surface area contributed by atoms with Gasteiger partial charge in [-0.2, -0.15) is 5.10 Å². The lowest BCUT2D eigenvalue weighted by atomic mass is 10.0. The molecule has 0 bridgehead atoms. The van der Waals surface area contributed by atoms with Crippen molar-refractivity contribution in [3.8, 4) is 0 Å². The van der Waals surface area contributed by atoms with Crippen molar-refractivity contribution in [2.75, 3.05) is 6.61 Å². The smallest absolute Gasteiger partial charge is 0.378 e. The quantitative estimate of drug-likeness (QED) is 0.752. The minimum atomic E-state index is -0.516. The topological polar surface area (TPSA) is 65.0 Å². The highest BCUT2D eigenvalue weighted by molar-refractivity contribution is 5.84. The van der Waals surface area contributed by atoms with Crippen LogP contribution < -0.4 is 0 Å². The van der Waals surface area contributed by atoms with Crippen LogP contribution in [-0.4, -0.2) is 27.8 Å². The van der Waals surface area contributed by atoms with E-state index < -0.39 is 5.97 Å². The molecule has 5 heteroatoms. The zero-order valence-corrected chi connectivity index (χ0v) is 11.0. The average molecular weight is 237 g/mol. The maximum atomic E-state index is 11.5. The summed E-state index contributed by atoms with van der Waals surface area (Å²) in [4.78, 5) is 15.8. The van der Waals surface area contributed by atoms with Crippen LogP contribution in [0.2, 0.25) is 0 Å². The molecule has 1 aromatic heterocycles. The molecule has 0 spiro atoms. The number of ether oxygens (including phenoxy) is 1. The third kappa shape index (κ3) is 3.22. The summed E-state index contributed by atoms with van der Waals surface area (Å²) in [6.45, 7) is 10.2. The fraction of sp³-hybridized carbons (Fsp3) is 0.667. The Morgan fingerprint density at radius 1 is 1.12 bits per heavy atom. The van der Waals surface area contributed by atoms with E-state index in [9.17, 15) is 4.79 Å². The molecule has 0 unspecified atom stereocenters. The van der Waals surface area contributed by atoms with Gasteiger partial charge in [-0.1, -0.05) is 27.7 Å². The van der Waals surface area contributed by atoms with Gasteiger partial charge in [0.1, 0.15) is 0 Å². The SMILES string of the molecule is CCOC(=O)c1nnc(C(C)C)c(C(C)C)n1. The highest BCUT2D eigenvalue weighted by Gasteiger charge is 2.19. The summed E-state index contributed by atoms with van der Waals surface area (Å²) < 4.78 is 4.86. The molecule has 1 aromatic rings. The second-order valence-electron chi connectivity index (χ2n) is 4.44. The molecule has 94 valence electrons. The monoisotopic (exact) mass is 237 g/mol. The van der Waals surface area contributed by atoms with E-state index in [1.807, 2.05) is 27.7 Å². The Labute approximate surface area is 102 Å². The molecule has 0 amide bonds. The fourth-order valence-corrected chi connectivity index (χ4v) is 1.46. The Bertz CT molecular complexity index is 403. The van der Waals surface area contributed by atoms with Crippen LogP contribution in [0.5, 0.6) is 0 Å². The zero-order valence-electron chi connectivity index (χ0n) is 11.0. The summed E-state index contributed by atoms with van der Waals surface area (Å²) >= 11 is 0. The van der Waals surface area contributed by atoms with Crippen LogP contribution in [0.4, 0.5) is 0 Å². The molecule has 0 aromatic carbocycles. The van der Waals surface area contributed by atoms with Gasteiger partial charge in [-0.15, -0.1) is 5.10 Å². The Hall–Kier alpha value is -1.52. The first-order chi connectivity index (χ1) is 7.97. The van der Waals surface area contributed by atoms with Crippen LogP contribution in [0.25, 0.3) is 0 Å². The Balaban J connectivity index is 3.14. The number of hydrogen-bond donors (Lipinski definition) is 0. The third-order valence-electron chi connectivity index (χ3n) is 2.29. The number of aromatic nitrogens is 3. The fourth-order valence-electron chi connectivity index (χ4n) is 1.46. The van der Waals surface area contributed by atoms with E-state index in [1.54, 1.807) is 6.92 Å². The van der Waals surface area contributed by atoms with Gasteiger partial charge >= 0.3 is 5.97 Å². The first-order valence-corrected chi connectivity index (χ1v) is 5.89. The maximum Gasteiger partial charge on any atom is 0.378 e. The molecule has 0 atom stereocenters. The third-order valence-corrected chi connectivity index (χ3v) is 2.29. The average Bonchev–Trinajstić information content (AvgIpc) is 2.28. The molecular weight excluding hydrogens is 218 g/mol. The van der Waals surface area contributed by atoms with Crippen LogP contribution in [0.15, 0.2) is 0 Å². The summed E-state index contributed by atoms with van der Waals surface area (Å²) in [6, 6.07) is 0. The van der Waals surface area contributed by atoms with Crippen LogP contribution in [0.1, 0.15) is 68.5 Å². The van der Waals surface area contributed by atoms with Crippen molar-refractivity contribution in [2.24, 2.45) is 0 Å². The molecule has 17 heavy (non-hydrogen) atoms. The molecular formula is C12H19N3O2. The van der Waals surface area contributed by atoms with Gasteiger partial charge in [0.05, 0.1) is 18.0 Å². The Morgan fingerprint density at radius 2 is 1.71 bits per heavy atom. The summed E-state index contributed by atoms with van der Waals surface area (Å²) in [7, 11) is 0. The van der Waals surface area contributed by atoms with Crippen molar-refractivity contribution in [1.29, 1.82) is 0 Å². The largest absolute Gasteiger partial charge is 0.460 e. The lowest BCUT2D eigenvalue weighted by molar-refractivity contribution is 0.0509. The summed E-state index contributed by atoms with van der Waals surface area (Å²) in [5.41, 5.74) is 1.66. The molecule has 1 rings (SSSR count). The molecule has 1 heterocycles. The van der Waals surface area contributed by atoms with Crippen molar-refractivity contribution in [3.05, 3.63) is 17.2 Å². The maximum absolute atomic E-state index is 11.5. The van der Waals surface area contributed by atoms with E-state index in [-0.39, 0.29) is 17.7 Å². The summed E-state index contributed by atoms with van der Waals surface area (Å²) in [6.07, 6.45) is 0. The van der Waals surface area contributed by atoms with Crippen LogP contribution in [0.3, 0.4) is 0 Å². The predicted octanol–water partition coefficient (Wildman–Crippen LogP) is 2.30. The van der Waals surface area contributed by atoms with Crippen molar-refractivity contribution < 1.29 is 9.53 Å². The highest BCUT2D eigenvalue weighted by Crippen LogP contribution is 2.21. The minimum Gasteiger partial charge on any atom is -0.460 e. The molecule has 0 aliphatic rings. The Morgan fingerprint density at radius 3 is 2.18 bits per heavy atom. The lowest BCUT2D eigenvalue weighted by Gasteiger charge is -2.13. The molecule has 0 N–H and O–H groups in total. The molecule has 0 fully saturated rings. The van der Waals surface area contributed by atoms with E-state index in [4.69, 9.17) is 4.74 Å². The van der Waals surface area contributed by atoms with Gasteiger partial charge < -0.3 is 4.74 Å². The highest BCUT2D eigenvalue weighted by atomic mass is 16.5. The molecule has 0 aliphatic heterocycles. The minimum absolute atomic E-state index is 0.0416. The van der Waals surface area contributed by atoms with Gasteiger partial charge in [0, 0.05) is 0 Å². The molecule has 0 radical (unpaired) electrons. The van der Waals surface area contributed by atoms with Gasteiger partial charge in [0.2, 0.25) is 0 Å². The van der Waals surface area contributed by atoms with Gasteiger partial charge in [-0.3, -0.25) is 0 Å². The van der Waals surface area contributed by atoms with Crippen LogP contribution >= 0.6 is 0 Å². The van der Waals surface area contributed by atoms with Crippen LogP contribution in [0, 0.1) is 0 Å². The number of rotatable bonds is 4. The van der Waals surface area contributed by atoms with Gasteiger partial charge in [0.15, 0.2) is 0 Å². The molecule has 5 nitrogen and oxygen atoms in total. The second kappa shape index (κ2) is 5.70. The van der Waals surface area contributed by atoms with Crippen molar-refractivity contribution in [3.63, 3.8) is 0 Å². The number of hydrogen-bond acceptors (Lipinski definition) is 5. The van der Waals surface area contributed by atoms with E-state index in [0.717, 1.165) is 11.4 Å².